The van der Waals surface area contributed by atoms with Crippen LogP contribution in [0, 0.1) is 0 Å². The Balaban J connectivity index is 1.76. The van der Waals surface area contributed by atoms with Gasteiger partial charge in [-0.25, -0.2) is 0 Å². The molecule has 0 saturated heterocycles. The standard InChI is InChI=1S/C15H16N4O2/c1-10(20)19(2)8-7-14-17-15(21-18-14)13-9-11-5-3-4-6-12(11)16-13/h3-6,9,16H,7-8H2,1-2H3. The van der Waals surface area contributed by atoms with Crippen LogP contribution in [0.5, 0.6) is 0 Å². The monoisotopic (exact) mass is 284 g/mol. The fourth-order valence-electron chi connectivity index (χ4n) is 2.08. The van der Waals surface area contributed by atoms with Crippen molar-refractivity contribution < 1.29 is 9.32 Å². The number of amides is 1. The van der Waals surface area contributed by atoms with Crippen LogP contribution in [0.15, 0.2) is 34.9 Å². The first-order valence-corrected chi connectivity index (χ1v) is 6.76. The number of carbonyl (C=O) groups is 1. The maximum atomic E-state index is 11.1. The number of aromatic amines is 1. The van der Waals surface area contributed by atoms with Crippen molar-refractivity contribution in [1.82, 2.24) is 20.0 Å². The van der Waals surface area contributed by atoms with Crippen molar-refractivity contribution in [2.45, 2.75) is 13.3 Å². The van der Waals surface area contributed by atoms with Crippen LogP contribution in [-0.2, 0) is 11.2 Å². The van der Waals surface area contributed by atoms with Crippen LogP contribution < -0.4 is 0 Å². The van der Waals surface area contributed by atoms with Crippen LogP contribution in [0.25, 0.3) is 22.5 Å². The maximum absolute atomic E-state index is 11.1. The van der Waals surface area contributed by atoms with E-state index in [1.165, 1.54) is 6.92 Å². The summed E-state index contributed by atoms with van der Waals surface area (Å²) in [6.45, 7) is 2.10. The van der Waals surface area contributed by atoms with E-state index in [9.17, 15) is 4.79 Å². The SMILES string of the molecule is CC(=O)N(C)CCc1noc(-c2cc3ccccc3[nH]2)n1. The average Bonchev–Trinajstić information content (AvgIpc) is 3.10. The quantitative estimate of drug-likeness (QED) is 0.797. The fourth-order valence-corrected chi connectivity index (χ4v) is 2.08. The summed E-state index contributed by atoms with van der Waals surface area (Å²) in [6, 6.07) is 9.96. The van der Waals surface area contributed by atoms with Gasteiger partial charge in [-0.2, -0.15) is 4.98 Å². The normalized spacial score (nSPS) is 11.0. The molecule has 1 amide bonds. The third-order valence-corrected chi connectivity index (χ3v) is 3.44. The first-order valence-electron chi connectivity index (χ1n) is 6.76. The third-order valence-electron chi connectivity index (χ3n) is 3.44. The Morgan fingerprint density at radius 3 is 2.95 bits per heavy atom. The van der Waals surface area contributed by atoms with Gasteiger partial charge < -0.3 is 14.4 Å². The van der Waals surface area contributed by atoms with E-state index < -0.39 is 0 Å². The smallest absolute Gasteiger partial charge is 0.274 e. The lowest BCUT2D eigenvalue weighted by Gasteiger charge is -2.12. The van der Waals surface area contributed by atoms with E-state index in [-0.39, 0.29) is 5.91 Å². The number of nitrogens with one attached hydrogen (secondary N) is 1. The van der Waals surface area contributed by atoms with Crippen molar-refractivity contribution >= 4 is 16.8 Å². The van der Waals surface area contributed by atoms with E-state index >= 15 is 0 Å². The lowest BCUT2D eigenvalue weighted by Crippen LogP contribution is -2.26. The molecule has 0 aliphatic carbocycles. The van der Waals surface area contributed by atoms with Gasteiger partial charge in [0.1, 0.15) is 5.69 Å². The molecule has 6 heteroatoms. The number of hydrogen-bond donors (Lipinski definition) is 1. The largest absolute Gasteiger partial charge is 0.351 e. The molecular formula is C15H16N4O2. The van der Waals surface area contributed by atoms with Gasteiger partial charge >= 0.3 is 0 Å². The molecule has 21 heavy (non-hydrogen) atoms. The van der Waals surface area contributed by atoms with Gasteiger partial charge in [-0.3, -0.25) is 4.79 Å². The molecule has 108 valence electrons. The molecule has 0 aliphatic heterocycles. The van der Waals surface area contributed by atoms with E-state index in [4.69, 9.17) is 4.52 Å². The van der Waals surface area contributed by atoms with Gasteiger partial charge in [0.2, 0.25) is 5.91 Å². The number of aromatic nitrogens is 3. The zero-order chi connectivity index (χ0) is 14.8. The first-order chi connectivity index (χ1) is 10.1. The number of benzene rings is 1. The molecule has 0 unspecified atom stereocenters. The highest BCUT2D eigenvalue weighted by molar-refractivity contribution is 5.84. The molecule has 1 N–H and O–H groups in total. The molecule has 0 spiro atoms. The topological polar surface area (TPSA) is 75.0 Å². The van der Waals surface area contributed by atoms with Crippen molar-refractivity contribution in [3.63, 3.8) is 0 Å². The molecule has 0 radical (unpaired) electrons. The first kappa shape index (κ1) is 13.4. The van der Waals surface area contributed by atoms with Gasteiger partial charge in [0.25, 0.3) is 5.89 Å². The van der Waals surface area contributed by atoms with Gasteiger partial charge in [-0.1, -0.05) is 23.4 Å². The van der Waals surface area contributed by atoms with Crippen molar-refractivity contribution in [2.75, 3.05) is 13.6 Å². The van der Waals surface area contributed by atoms with E-state index in [0.29, 0.717) is 24.7 Å². The maximum Gasteiger partial charge on any atom is 0.274 e. The van der Waals surface area contributed by atoms with Gasteiger partial charge in [-0.05, 0) is 12.1 Å². The number of H-pyrrole nitrogens is 1. The highest BCUT2D eigenvalue weighted by atomic mass is 16.5. The zero-order valence-electron chi connectivity index (χ0n) is 12.0. The minimum Gasteiger partial charge on any atom is -0.351 e. The Hall–Kier alpha value is -2.63. The zero-order valence-corrected chi connectivity index (χ0v) is 12.0. The summed E-state index contributed by atoms with van der Waals surface area (Å²) in [6.07, 6.45) is 0.569. The van der Waals surface area contributed by atoms with Crippen molar-refractivity contribution in [1.29, 1.82) is 0 Å². The molecule has 1 aromatic carbocycles. The van der Waals surface area contributed by atoms with Crippen LogP contribution in [0.3, 0.4) is 0 Å². The molecule has 3 rings (SSSR count). The summed E-state index contributed by atoms with van der Waals surface area (Å²) in [7, 11) is 1.75. The average molecular weight is 284 g/mol. The van der Waals surface area contributed by atoms with Gasteiger partial charge in [-0.15, -0.1) is 0 Å². The highest BCUT2D eigenvalue weighted by Crippen LogP contribution is 2.22. The number of carbonyl (C=O) groups excluding carboxylic acids is 1. The molecule has 0 bridgehead atoms. The number of rotatable bonds is 4. The van der Waals surface area contributed by atoms with Crippen molar-refractivity contribution in [2.24, 2.45) is 0 Å². The molecule has 0 fully saturated rings. The van der Waals surface area contributed by atoms with Gasteiger partial charge in [0.05, 0.1) is 0 Å². The number of fused-ring (bicyclic) bond motifs is 1. The summed E-state index contributed by atoms with van der Waals surface area (Å²) in [5.41, 5.74) is 1.83. The van der Waals surface area contributed by atoms with Crippen LogP contribution in [0.2, 0.25) is 0 Å². The summed E-state index contributed by atoms with van der Waals surface area (Å²) < 4.78 is 5.28. The summed E-state index contributed by atoms with van der Waals surface area (Å²) >= 11 is 0. The second-order valence-corrected chi connectivity index (χ2v) is 4.98. The van der Waals surface area contributed by atoms with E-state index in [1.807, 2.05) is 30.3 Å². The predicted molar refractivity (Wildman–Crippen MR) is 78.6 cm³/mol. The van der Waals surface area contributed by atoms with Crippen molar-refractivity contribution in [3.8, 4) is 11.6 Å². The highest BCUT2D eigenvalue weighted by Gasteiger charge is 2.12. The molecule has 0 saturated carbocycles. The van der Waals surface area contributed by atoms with Gasteiger partial charge in [0.15, 0.2) is 5.82 Å². The Morgan fingerprint density at radius 1 is 1.38 bits per heavy atom. The number of para-hydroxylation sites is 1. The molecule has 2 aromatic heterocycles. The van der Waals surface area contributed by atoms with Crippen LogP contribution in [0.1, 0.15) is 12.7 Å². The molecule has 0 atom stereocenters. The molecule has 3 aromatic rings. The summed E-state index contributed by atoms with van der Waals surface area (Å²) in [4.78, 5) is 20.4. The second-order valence-electron chi connectivity index (χ2n) is 4.98. The lowest BCUT2D eigenvalue weighted by molar-refractivity contribution is -0.127. The Morgan fingerprint density at radius 2 is 2.19 bits per heavy atom. The molecule has 0 aliphatic rings. The minimum absolute atomic E-state index is 0.0225. The van der Waals surface area contributed by atoms with Crippen LogP contribution in [0.4, 0.5) is 0 Å². The summed E-state index contributed by atoms with van der Waals surface area (Å²) in [5.74, 6) is 1.08. The molecule has 2 heterocycles. The fraction of sp³-hybridized carbons (Fsp3) is 0.267. The Bertz CT molecular complexity index is 742. The number of nitrogens with zero attached hydrogens (tertiary/aromatic N) is 3. The number of likely N-dealkylation sites (N-methyl/N-ethyl adjacent to an activating group) is 1. The van der Waals surface area contributed by atoms with Crippen LogP contribution >= 0.6 is 0 Å². The predicted octanol–water partition coefficient (Wildman–Crippen LogP) is 2.24. The Kier molecular flexibility index (Phi) is 3.43. The van der Waals surface area contributed by atoms with E-state index in [0.717, 1.165) is 16.6 Å². The van der Waals surface area contributed by atoms with Crippen molar-refractivity contribution in [3.05, 3.63) is 36.2 Å². The second kappa shape index (κ2) is 5.40. The lowest BCUT2D eigenvalue weighted by atomic mass is 10.2. The van der Waals surface area contributed by atoms with E-state index in [2.05, 4.69) is 15.1 Å². The molecular weight excluding hydrogens is 268 g/mol. The number of hydrogen-bond acceptors (Lipinski definition) is 4. The Labute approximate surface area is 121 Å². The van der Waals surface area contributed by atoms with E-state index in [1.54, 1.807) is 11.9 Å². The van der Waals surface area contributed by atoms with Gasteiger partial charge in [0, 0.05) is 37.8 Å². The summed E-state index contributed by atoms with van der Waals surface area (Å²) in [5, 5.41) is 5.05. The minimum atomic E-state index is 0.0225. The van der Waals surface area contributed by atoms with Crippen LogP contribution in [-0.4, -0.2) is 39.5 Å². The molecule has 6 nitrogen and oxygen atoms in total. The third kappa shape index (κ3) is 2.79.